The van der Waals surface area contributed by atoms with Crippen LogP contribution in [0.5, 0.6) is 5.88 Å². The second kappa shape index (κ2) is 8.12. The second-order valence-corrected chi connectivity index (χ2v) is 8.79. The van der Waals surface area contributed by atoms with Crippen LogP contribution in [0.3, 0.4) is 0 Å². The van der Waals surface area contributed by atoms with Crippen LogP contribution in [-0.2, 0) is 6.54 Å². The molecule has 1 aliphatic heterocycles. The molecule has 0 unspecified atom stereocenters. The van der Waals surface area contributed by atoms with Gasteiger partial charge in [-0.1, -0.05) is 11.3 Å². The maximum atomic E-state index is 14.6. The van der Waals surface area contributed by atoms with Crippen molar-refractivity contribution in [1.29, 1.82) is 0 Å². The molecule has 3 aromatic heterocycles. The molecule has 2 fully saturated rings. The first-order valence-corrected chi connectivity index (χ1v) is 11.2. The standard InChI is InChI=1S/C22H23F3N8O/c1-34-21-20-14(12-2-5-16-18(8-12)33(30-28-16)11-19(24)25)6-7-32(20)29-22(27-21)26-17-10-31(9-15(17)23)13-3-4-13/h2,5-8,13,15,17,19H,3-4,9-11H2,1H3,(H,26,29)/t15-,17+/m1/s1. The lowest BCUT2D eigenvalue weighted by Gasteiger charge is -2.16. The number of likely N-dealkylation sites (tertiary alicyclic amines) is 1. The Bertz CT molecular complexity index is 1350. The fourth-order valence-electron chi connectivity index (χ4n) is 4.66. The third kappa shape index (κ3) is 3.71. The van der Waals surface area contributed by atoms with Crippen molar-refractivity contribution < 1.29 is 17.9 Å². The van der Waals surface area contributed by atoms with E-state index in [-0.39, 0.29) is 12.0 Å². The van der Waals surface area contributed by atoms with Crippen molar-refractivity contribution in [3.8, 4) is 17.0 Å². The summed E-state index contributed by atoms with van der Waals surface area (Å²) < 4.78 is 48.8. The first-order valence-electron chi connectivity index (χ1n) is 11.2. The average Bonchev–Trinajstić information content (AvgIpc) is 3.32. The zero-order valence-electron chi connectivity index (χ0n) is 18.4. The molecule has 1 saturated heterocycles. The van der Waals surface area contributed by atoms with Crippen LogP contribution < -0.4 is 10.1 Å². The summed E-state index contributed by atoms with van der Waals surface area (Å²) in [7, 11) is 1.51. The van der Waals surface area contributed by atoms with E-state index < -0.39 is 19.1 Å². The minimum absolute atomic E-state index is 0.284. The smallest absolute Gasteiger partial charge is 0.258 e. The van der Waals surface area contributed by atoms with Crippen LogP contribution in [0.4, 0.5) is 19.1 Å². The van der Waals surface area contributed by atoms with E-state index in [1.807, 2.05) is 12.1 Å². The molecular weight excluding hydrogens is 449 g/mol. The largest absolute Gasteiger partial charge is 0.479 e. The summed E-state index contributed by atoms with van der Waals surface area (Å²) in [6, 6.07) is 7.30. The SMILES string of the molecule is COc1nc(N[C@H]2CN(C3CC3)C[C@H]2F)nn2ccc(-c3ccc4nnn(CC(F)F)c4c3)c12. The molecule has 2 aliphatic rings. The third-order valence-corrected chi connectivity index (χ3v) is 6.46. The van der Waals surface area contributed by atoms with Crippen molar-refractivity contribution in [3.63, 3.8) is 0 Å². The lowest BCUT2D eigenvalue weighted by atomic mass is 10.1. The highest BCUT2D eigenvalue weighted by Crippen LogP contribution is 2.34. The number of nitrogens with one attached hydrogen (secondary N) is 1. The van der Waals surface area contributed by atoms with Crippen molar-refractivity contribution >= 4 is 22.5 Å². The van der Waals surface area contributed by atoms with Crippen molar-refractivity contribution in [2.45, 2.75) is 44.1 Å². The van der Waals surface area contributed by atoms with Crippen LogP contribution in [0, 0.1) is 0 Å². The van der Waals surface area contributed by atoms with Crippen LogP contribution in [0.15, 0.2) is 30.5 Å². The number of benzene rings is 1. The van der Waals surface area contributed by atoms with Gasteiger partial charge in [-0.05, 0) is 36.6 Å². The summed E-state index contributed by atoms with van der Waals surface area (Å²) in [5, 5.41) is 15.4. The summed E-state index contributed by atoms with van der Waals surface area (Å²) in [6.07, 6.45) is 0.490. The maximum absolute atomic E-state index is 14.6. The van der Waals surface area contributed by atoms with E-state index >= 15 is 0 Å². The fourth-order valence-corrected chi connectivity index (χ4v) is 4.66. The normalized spacial score (nSPS) is 21.2. The highest BCUT2D eigenvalue weighted by atomic mass is 19.3. The molecule has 0 bridgehead atoms. The van der Waals surface area contributed by atoms with Gasteiger partial charge >= 0.3 is 0 Å². The Morgan fingerprint density at radius 3 is 2.82 bits per heavy atom. The number of fused-ring (bicyclic) bond motifs is 2. The van der Waals surface area contributed by atoms with E-state index in [0.717, 1.165) is 24.0 Å². The molecule has 0 amide bonds. The number of ether oxygens (including phenoxy) is 1. The molecule has 178 valence electrons. The minimum Gasteiger partial charge on any atom is -0.479 e. The van der Waals surface area contributed by atoms with E-state index in [9.17, 15) is 13.2 Å². The maximum Gasteiger partial charge on any atom is 0.258 e. The summed E-state index contributed by atoms with van der Waals surface area (Å²) in [5.74, 6) is 0.607. The van der Waals surface area contributed by atoms with Gasteiger partial charge in [-0.2, -0.15) is 4.98 Å². The molecule has 9 nitrogen and oxygen atoms in total. The minimum atomic E-state index is -2.54. The Morgan fingerprint density at radius 1 is 1.21 bits per heavy atom. The Morgan fingerprint density at radius 2 is 2.06 bits per heavy atom. The van der Waals surface area contributed by atoms with Crippen molar-refractivity contribution in [3.05, 3.63) is 30.5 Å². The molecule has 12 heteroatoms. The Labute approximate surface area is 192 Å². The van der Waals surface area contributed by atoms with E-state index in [2.05, 4.69) is 30.6 Å². The van der Waals surface area contributed by atoms with Gasteiger partial charge < -0.3 is 10.1 Å². The molecule has 2 atom stereocenters. The number of hydrogen-bond acceptors (Lipinski definition) is 7. The van der Waals surface area contributed by atoms with Crippen LogP contribution in [0.2, 0.25) is 0 Å². The predicted molar refractivity (Wildman–Crippen MR) is 119 cm³/mol. The van der Waals surface area contributed by atoms with Crippen LogP contribution in [0.25, 0.3) is 27.7 Å². The summed E-state index contributed by atoms with van der Waals surface area (Å²) in [4.78, 5) is 6.67. The van der Waals surface area contributed by atoms with Gasteiger partial charge in [0, 0.05) is 30.9 Å². The van der Waals surface area contributed by atoms with E-state index in [4.69, 9.17) is 4.74 Å². The number of alkyl halides is 3. The number of methoxy groups -OCH3 is 1. The molecule has 1 aromatic carbocycles. The number of halogens is 3. The average molecular weight is 472 g/mol. The van der Waals surface area contributed by atoms with E-state index in [1.54, 1.807) is 22.8 Å². The lowest BCUT2D eigenvalue weighted by Crippen LogP contribution is -2.31. The van der Waals surface area contributed by atoms with Crippen molar-refractivity contribution in [2.75, 3.05) is 25.5 Å². The summed E-state index contributed by atoms with van der Waals surface area (Å²) in [5.41, 5.74) is 3.17. The molecule has 0 spiro atoms. The number of anilines is 1. The first kappa shape index (κ1) is 21.1. The Kier molecular flexibility index (Phi) is 5.05. The topological polar surface area (TPSA) is 85.4 Å². The van der Waals surface area contributed by atoms with Gasteiger partial charge in [0.25, 0.3) is 6.43 Å². The molecule has 1 N–H and O–H groups in total. The predicted octanol–water partition coefficient (Wildman–Crippen LogP) is 3.01. The van der Waals surface area contributed by atoms with Crippen LogP contribution >= 0.6 is 0 Å². The molecule has 0 radical (unpaired) electrons. The number of hydrogen-bond donors (Lipinski definition) is 1. The molecule has 1 saturated carbocycles. The lowest BCUT2D eigenvalue weighted by molar-refractivity contribution is 0.122. The van der Waals surface area contributed by atoms with Gasteiger partial charge in [0.1, 0.15) is 23.7 Å². The molecule has 34 heavy (non-hydrogen) atoms. The fraction of sp³-hybridized carbons (Fsp3) is 0.455. The van der Waals surface area contributed by atoms with Gasteiger partial charge in [-0.25, -0.2) is 22.4 Å². The second-order valence-electron chi connectivity index (χ2n) is 8.79. The van der Waals surface area contributed by atoms with E-state index in [1.165, 1.54) is 11.8 Å². The molecule has 4 aromatic rings. The number of nitrogens with zero attached hydrogens (tertiary/aromatic N) is 7. The number of aromatic nitrogens is 6. The summed E-state index contributed by atoms with van der Waals surface area (Å²) >= 11 is 0. The summed E-state index contributed by atoms with van der Waals surface area (Å²) in [6.45, 7) is 0.508. The van der Waals surface area contributed by atoms with E-state index in [0.29, 0.717) is 41.6 Å². The number of rotatable bonds is 7. The first-order chi connectivity index (χ1) is 16.5. The Hall–Kier alpha value is -3.41. The third-order valence-electron chi connectivity index (χ3n) is 6.46. The van der Waals surface area contributed by atoms with Gasteiger partial charge in [0.2, 0.25) is 11.8 Å². The van der Waals surface area contributed by atoms with Gasteiger partial charge in [-0.3, -0.25) is 4.90 Å². The highest BCUT2D eigenvalue weighted by molar-refractivity contribution is 5.89. The Balaban J connectivity index is 1.34. The molecule has 6 rings (SSSR count). The van der Waals surface area contributed by atoms with Crippen molar-refractivity contribution in [2.24, 2.45) is 0 Å². The van der Waals surface area contributed by atoms with Gasteiger partial charge in [0.05, 0.1) is 18.7 Å². The molecular formula is C22H23F3N8O. The highest BCUT2D eigenvalue weighted by Gasteiger charge is 2.40. The van der Waals surface area contributed by atoms with Crippen LogP contribution in [-0.4, -0.2) is 79.4 Å². The molecule has 4 heterocycles. The van der Waals surface area contributed by atoms with Crippen LogP contribution in [0.1, 0.15) is 12.8 Å². The monoisotopic (exact) mass is 472 g/mol. The van der Waals surface area contributed by atoms with Gasteiger partial charge in [-0.15, -0.1) is 10.2 Å². The zero-order valence-corrected chi connectivity index (χ0v) is 18.4. The van der Waals surface area contributed by atoms with Gasteiger partial charge in [0.15, 0.2) is 0 Å². The van der Waals surface area contributed by atoms with Crippen molar-refractivity contribution in [1.82, 2.24) is 34.5 Å². The molecule has 1 aliphatic carbocycles. The quantitative estimate of drug-likeness (QED) is 0.443. The zero-order chi connectivity index (χ0) is 23.4.